The van der Waals surface area contributed by atoms with E-state index in [0.29, 0.717) is 6.54 Å². The number of carbonyl (C=O) groups excluding carboxylic acids is 1. The minimum Gasteiger partial charge on any atom is -0.330 e. The number of carbonyl (C=O) groups is 1. The second kappa shape index (κ2) is 6.64. The Bertz CT molecular complexity index is 119. The molecule has 0 radical (unpaired) electrons. The molecule has 66 valence electrons. The normalized spacial score (nSPS) is 13.0. The molecule has 0 fully saturated rings. The van der Waals surface area contributed by atoms with E-state index in [1.807, 2.05) is 6.92 Å². The van der Waals surface area contributed by atoms with E-state index in [1.165, 1.54) is 0 Å². The van der Waals surface area contributed by atoms with Crippen molar-refractivity contribution >= 4 is 17.7 Å². The lowest BCUT2D eigenvalue weighted by Crippen LogP contribution is -2.34. The lowest BCUT2D eigenvalue weighted by molar-refractivity contribution is -0.112. The summed E-state index contributed by atoms with van der Waals surface area (Å²) in [7, 11) is 0. The first-order chi connectivity index (χ1) is 5.22. The molecule has 11 heavy (non-hydrogen) atoms. The molecule has 0 aromatic carbocycles. The summed E-state index contributed by atoms with van der Waals surface area (Å²) in [6.45, 7) is 3.39. The second-order valence-electron chi connectivity index (χ2n) is 2.38. The van der Waals surface area contributed by atoms with Crippen molar-refractivity contribution in [2.75, 3.05) is 13.1 Å². The van der Waals surface area contributed by atoms with E-state index >= 15 is 0 Å². The standard InChI is InChI=1S/C7H16N2OS/c1-2-9-6(7(10)11)4-3-5-8/h6,9H,2-5,8H2,1H3,(H,10,11)/t6-/m0/s1. The number of hydrogen-bond acceptors (Lipinski definition) is 3. The van der Waals surface area contributed by atoms with Gasteiger partial charge in [-0.05, 0) is 25.9 Å². The number of hydrogen-bond donors (Lipinski definition) is 3. The van der Waals surface area contributed by atoms with Crippen molar-refractivity contribution in [3.63, 3.8) is 0 Å². The molecule has 0 amide bonds. The van der Waals surface area contributed by atoms with E-state index < -0.39 is 0 Å². The van der Waals surface area contributed by atoms with E-state index in [4.69, 9.17) is 5.73 Å². The molecule has 0 aliphatic carbocycles. The topological polar surface area (TPSA) is 55.1 Å². The van der Waals surface area contributed by atoms with Crippen LogP contribution in [0.5, 0.6) is 0 Å². The van der Waals surface area contributed by atoms with Crippen LogP contribution in [0.15, 0.2) is 0 Å². The summed E-state index contributed by atoms with van der Waals surface area (Å²) in [5.41, 5.74) is 5.31. The van der Waals surface area contributed by atoms with Crippen LogP contribution in [-0.2, 0) is 4.79 Å². The minimum absolute atomic E-state index is 0.0969. The van der Waals surface area contributed by atoms with Crippen LogP contribution in [0.4, 0.5) is 0 Å². The minimum atomic E-state index is -0.119. The monoisotopic (exact) mass is 176 g/mol. The number of nitrogens with two attached hydrogens (primary N) is 1. The third-order valence-electron chi connectivity index (χ3n) is 1.45. The maximum absolute atomic E-state index is 10.8. The van der Waals surface area contributed by atoms with Crippen LogP contribution in [0.1, 0.15) is 19.8 Å². The Morgan fingerprint density at radius 3 is 2.73 bits per heavy atom. The number of rotatable bonds is 6. The molecule has 0 bridgehead atoms. The van der Waals surface area contributed by atoms with Crippen molar-refractivity contribution in [3.8, 4) is 0 Å². The quantitative estimate of drug-likeness (QED) is 0.505. The fourth-order valence-corrected chi connectivity index (χ4v) is 1.10. The van der Waals surface area contributed by atoms with Crippen molar-refractivity contribution < 1.29 is 4.79 Å². The molecule has 1 atom stereocenters. The number of thiol groups is 1. The molecule has 3 N–H and O–H groups in total. The van der Waals surface area contributed by atoms with E-state index in [-0.39, 0.29) is 11.2 Å². The third-order valence-corrected chi connectivity index (χ3v) is 1.76. The Kier molecular flexibility index (Phi) is 6.60. The van der Waals surface area contributed by atoms with Crippen LogP contribution in [-0.4, -0.2) is 24.2 Å². The van der Waals surface area contributed by atoms with Gasteiger partial charge in [-0.25, -0.2) is 0 Å². The van der Waals surface area contributed by atoms with Gasteiger partial charge in [0.05, 0.1) is 6.04 Å². The van der Waals surface area contributed by atoms with Crippen molar-refractivity contribution in [2.24, 2.45) is 5.73 Å². The van der Waals surface area contributed by atoms with Gasteiger partial charge in [-0.1, -0.05) is 6.92 Å². The maximum Gasteiger partial charge on any atom is 0.202 e. The molecule has 0 saturated carbocycles. The Morgan fingerprint density at radius 2 is 2.36 bits per heavy atom. The Labute approximate surface area is 73.1 Å². The highest BCUT2D eigenvalue weighted by atomic mass is 32.1. The zero-order valence-electron chi connectivity index (χ0n) is 6.84. The highest BCUT2D eigenvalue weighted by Crippen LogP contribution is 1.99. The first-order valence-corrected chi connectivity index (χ1v) is 4.33. The van der Waals surface area contributed by atoms with Crippen LogP contribution in [0.2, 0.25) is 0 Å². The average Bonchev–Trinajstić information content (AvgIpc) is 1.97. The molecule has 0 aromatic heterocycles. The van der Waals surface area contributed by atoms with Gasteiger partial charge < -0.3 is 11.1 Å². The second-order valence-corrected chi connectivity index (χ2v) is 2.82. The Hall–Kier alpha value is -0.0600. The SMILES string of the molecule is CCN[C@@H](CCCN)C(=O)S. The number of nitrogens with one attached hydrogen (secondary N) is 1. The van der Waals surface area contributed by atoms with E-state index in [1.54, 1.807) is 0 Å². The molecule has 0 heterocycles. The summed E-state index contributed by atoms with van der Waals surface area (Å²) in [6, 6.07) is -0.119. The highest BCUT2D eigenvalue weighted by Gasteiger charge is 2.11. The lowest BCUT2D eigenvalue weighted by atomic mass is 10.2. The fraction of sp³-hybridized carbons (Fsp3) is 0.857. The predicted octanol–water partition coefficient (Wildman–Crippen LogP) is 0.160. The molecule has 0 spiro atoms. The van der Waals surface area contributed by atoms with E-state index in [9.17, 15) is 4.79 Å². The van der Waals surface area contributed by atoms with Gasteiger partial charge in [0.25, 0.3) is 0 Å². The van der Waals surface area contributed by atoms with Crippen molar-refractivity contribution in [2.45, 2.75) is 25.8 Å². The molecule has 0 rings (SSSR count). The molecule has 0 aliphatic rings. The van der Waals surface area contributed by atoms with Crippen LogP contribution in [0, 0.1) is 0 Å². The van der Waals surface area contributed by atoms with Crippen LogP contribution in [0.25, 0.3) is 0 Å². The Morgan fingerprint density at radius 1 is 1.73 bits per heavy atom. The fourth-order valence-electron chi connectivity index (χ4n) is 0.881. The molecular formula is C7H16N2OS. The summed E-state index contributed by atoms with van der Waals surface area (Å²) < 4.78 is 0. The van der Waals surface area contributed by atoms with Gasteiger partial charge in [-0.2, -0.15) is 0 Å². The first-order valence-electron chi connectivity index (χ1n) is 3.88. The van der Waals surface area contributed by atoms with E-state index in [2.05, 4.69) is 17.9 Å². The molecular weight excluding hydrogens is 160 g/mol. The molecule has 3 nitrogen and oxygen atoms in total. The lowest BCUT2D eigenvalue weighted by Gasteiger charge is -2.12. The first kappa shape index (κ1) is 10.9. The summed E-state index contributed by atoms with van der Waals surface area (Å²) in [4.78, 5) is 10.8. The molecule has 0 aliphatic heterocycles. The predicted molar refractivity (Wildman–Crippen MR) is 49.7 cm³/mol. The van der Waals surface area contributed by atoms with Crippen LogP contribution < -0.4 is 11.1 Å². The average molecular weight is 176 g/mol. The summed E-state index contributed by atoms with van der Waals surface area (Å²) >= 11 is 3.76. The Balaban J connectivity index is 3.60. The zero-order chi connectivity index (χ0) is 8.69. The molecule has 0 aromatic rings. The molecule has 0 saturated heterocycles. The van der Waals surface area contributed by atoms with Crippen molar-refractivity contribution in [1.82, 2.24) is 5.32 Å². The summed E-state index contributed by atoms with van der Waals surface area (Å²) in [6.07, 6.45) is 1.65. The van der Waals surface area contributed by atoms with Gasteiger partial charge in [0.15, 0.2) is 0 Å². The third kappa shape index (κ3) is 5.24. The molecule has 0 unspecified atom stereocenters. The smallest absolute Gasteiger partial charge is 0.202 e. The van der Waals surface area contributed by atoms with Gasteiger partial charge in [-0.15, -0.1) is 12.6 Å². The van der Waals surface area contributed by atoms with Crippen LogP contribution >= 0.6 is 12.6 Å². The van der Waals surface area contributed by atoms with Gasteiger partial charge in [0, 0.05) is 0 Å². The van der Waals surface area contributed by atoms with Gasteiger partial charge >= 0.3 is 0 Å². The van der Waals surface area contributed by atoms with Crippen molar-refractivity contribution in [3.05, 3.63) is 0 Å². The van der Waals surface area contributed by atoms with Crippen LogP contribution in [0.3, 0.4) is 0 Å². The largest absolute Gasteiger partial charge is 0.330 e. The zero-order valence-corrected chi connectivity index (χ0v) is 7.73. The number of likely N-dealkylation sites (N-methyl/N-ethyl adjacent to an activating group) is 1. The molecule has 4 heteroatoms. The van der Waals surface area contributed by atoms with E-state index in [0.717, 1.165) is 19.4 Å². The van der Waals surface area contributed by atoms with Gasteiger partial charge in [0.2, 0.25) is 5.12 Å². The van der Waals surface area contributed by atoms with Gasteiger partial charge in [0.1, 0.15) is 0 Å². The van der Waals surface area contributed by atoms with Crippen molar-refractivity contribution in [1.29, 1.82) is 0 Å². The summed E-state index contributed by atoms with van der Waals surface area (Å²) in [5, 5.41) is 2.94. The maximum atomic E-state index is 10.8. The van der Waals surface area contributed by atoms with Gasteiger partial charge in [-0.3, -0.25) is 4.79 Å². The highest BCUT2D eigenvalue weighted by molar-refractivity contribution is 7.96. The summed E-state index contributed by atoms with van der Waals surface area (Å²) in [5.74, 6) is 0.